The van der Waals surface area contributed by atoms with Gasteiger partial charge in [0, 0.05) is 18.7 Å². The van der Waals surface area contributed by atoms with Crippen molar-refractivity contribution in [3.05, 3.63) is 21.8 Å². The maximum Gasteiger partial charge on any atom is 0.407 e. The summed E-state index contributed by atoms with van der Waals surface area (Å²) in [5.74, 6) is 5.93. The summed E-state index contributed by atoms with van der Waals surface area (Å²) in [5.41, 5.74) is 5.49. The fourth-order valence-electron chi connectivity index (χ4n) is 1.42. The molecule has 0 radical (unpaired) electrons. The van der Waals surface area contributed by atoms with E-state index in [2.05, 4.69) is 22.1 Å². The van der Waals surface area contributed by atoms with Crippen LogP contribution in [-0.4, -0.2) is 22.7 Å². The van der Waals surface area contributed by atoms with Crippen LogP contribution in [0.3, 0.4) is 0 Å². The standard InChI is InChI=1S/C15H19Cl2N3O2/c1-9(20-14(21)22-15(2,3)4)6-5-7-10-8-19-13(18)12(17)11(10)16/h8-9H,6H2,1-4H3,(H2,18,19)(H,20,21)/t9-/m0/s1. The molecule has 5 nitrogen and oxygen atoms in total. The summed E-state index contributed by atoms with van der Waals surface area (Å²) in [6, 6.07) is -0.168. The minimum atomic E-state index is -0.532. The maximum absolute atomic E-state index is 11.6. The zero-order valence-corrected chi connectivity index (χ0v) is 14.5. The number of pyridine rings is 1. The van der Waals surface area contributed by atoms with E-state index in [1.165, 1.54) is 6.20 Å². The van der Waals surface area contributed by atoms with Gasteiger partial charge >= 0.3 is 6.09 Å². The number of hydrogen-bond donors (Lipinski definition) is 2. The number of hydrogen-bond acceptors (Lipinski definition) is 4. The van der Waals surface area contributed by atoms with Gasteiger partial charge in [-0.15, -0.1) is 0 Å². The van der Waals surface area contributed by atoms with Crippen LogP contribution in [0.1, 0.15) is 39.7 Å². The van der Waals surface area contributed by atoms with Gasteiger partial charge in [0.15, 0.2) is 0 Å². The largest absolute Gasteiger partial charge is 0.444 e. The number of rotatable bonds is 2. The quantitative estimate of drug-likeness (QED) is 0.803. The molecule has 0 bridgehead atoms. The first kappa shape index (κ1) is 18.4. The lowest BCUT2D eigenvalue weighted by Crippen LogP contribution is -2.37. The van der Waals surface area contributed by atoms with Crippen molar-refractivity contribution in [1.29, 1.82) is 0 Å². The highest BCUT2D eigenvalue weighted by atomic mass is 35.5. The van der Waals surface area contributed by atoms with Crippen molar-refractivity contribution in [3.8, 4) is 11.8 Å². The van der Waals surface area contributed by atoms with Gasteiger partial charge in [0.05, 0.1) is 10.6 Å². The maximum atomic E-state index is 11.6. The smallest absolute Gasteiger partial charge is 0.407 e. The van der Waals surface area contributed by atoms with E-state index in [0.29, 0.717) is 12.0 Å². The molecule has 0 saturated heterocycles. The first-order chi connectivity index (χ1) is 10.1. The lowest BCUT2D eigenvalue weighted by molar-refractivity contribution is 0.0509. The first-order valence-electron chi connectivity index (χ1n) is 6.68. The minimum absolute atomic E-state index is 0.164. The van der Waals surface area contributed by atoms with E-state index < -0.39 is 11.7 Å². The fraction of sp³-hybridized carbons (Fsp3) is 0.467. The third-order valence-corrected chi connectivity index (χ3v) is 3.25. The van der Waals surface area contributed by atoms with Crippen LogP contribution in [0.15, 0.2) is 6.20 Å². The molecule has 1 heterocycles. The highest BCUT2D eigenvalue weighted by Crippen LogP contribution is 2.28. The molecule has 1 aromatic rings. The third-order valence-electron chi connectivity index (χ3n) is 2.38. The molecule has 0 aliphatic rings. The molecule has 0 saturated carbocycles. The summed E-state index contributed by atoms with van der Waals surface area (Å²) >= 11 is 11.9. The lowest BCUT2D eigenvalue weighted by Gasteiger charge is -2.21. The van der Waals surface area contributed by atoms with Crippen molar-refractivity contribution in [2.45, 2.75) is 45.8 Å². The van der Waals surface area contributed by atoms with Crippen molar-refractivity contribution in [1.82, 2.24) is 10.3 Å². The predicted molar refractivity (Wildman–Crippen MR) is 89.0 cm³/mol. The van der Waals surface area contributed by atoms with Gasteiger partial charge < -0.3 is 15.8 Å². The molecule has 0 fully saturated rings. The van der Waals surface area contributed by atoms with Crippen LogP contribution in [0.25, 0.3) is 0 Å². The summed E-state index contributed by atoms with van der Waals surface area (Å²) in [5, 5.41) is 3.16. The molecule has 120 valence electrons. The number of amides is 1. The number of nitrogens with one attached hydrogen (secondary N) is 1. The van der Waals surface area contributed by atoms with E-state index in [1.807, 2.05) is 6.92 Å². The fourth-order valence-corrected chi connectivity index (χ4v) is 1.77. The molecule has 1 aromatic heterocycles. The number of halogens is 2. The van der Waals surface area contributed by atoms with Gasteiger partial charge in [-0.05, 0) is 27.7 Å². The number of carbonyl (C=O) groups excluding carboxylic acids is 1. The molecule has 3 N–H and O–H groups in total. The van der Waals surface area contributed by atoms with Crippen LogP contribution < -0.4 is 11.1 Å². The highest BCUT2D eigenvalue weighted by Gasteiger charge is 2.17. The number of aromatic nitrogens is 1. The Balaban J connectivity index is 2.61. The molecule has 1 amide bonds. The number of anilines is 1. The second kappa shape index (κ2) is 7.57. The van der Waals surface area contributed by atoms with Crippen LogP contribution in [0.4, 0.5) is 10.6 Å². The van der Waals surface area contributed by atoms with Crippen molar-refractivity contribution in [2.75, 3.05) is 5.73 Å². The molecule has 0 aliphatic carbocycles. The number of nitrogens with zero attached hydrogens (tertiary/aromatic N) is 1. The Labute approximate surface area is 140 Å². The van der Waals surface area contributed by atoms with Gasteiger partial charge in [-0.25, -0.2) is 9.78 Å². The summed E-state index contributed by atoms with van der Waals surface area (Å²) in [7, 11) is 0. The molecule has 1 rings (SSSR count). The predicted octanol–water partition coefficient (Wildman–Crippen LogP) is 3.63. The molecule has 0 spiro atoms. The van der Waals surface area contributed by atoms with E-state index in [-0.39, 0.29) is 21.9 Å². The van der Waals surface area contributed by atoms with Crippen molar-refractivity contribution < 1.29 is 9.53 Å². The van der Waals surface area contributed by atoms with Crippen LogP contribution in [0.2, 0.25) is 10.0 Å². The van der Waals surface area contributed by atoms with Gasteiger partial charge in [0.2, 0.25) is 0 Å². The van der Waals surface area contributed by atoms with Crippen LogP contribution in [-0.2, 0) is 4.74 Å². The number of carbonyl (C=O) groups is 1. The zero-order chi connectivity index (χ0) is 16.9. The molecule has 22 heavy (non-hydrogen) atoms. The Morgan fingerprint density at radius 2 is 2.09 bits per heavy atom. The van der Waals surface area contributed by atoms with Gasteiger partial charge in [0.25, 0.3) is 0 Å². The Bertz CT molecular complexity index is 616. The molecular formula is C15H19Cl2N3O2. The Hall–Kier alpha value is -1.64. The van der Waals surface area contributed by atoms with Crippen LogP contribution >= 0.6 is 23.2 Å². The van der Waals surface area contributed by atoms with Gasteiger partial charge in [0.1, 0.15) is 16.4 Å². The van der Waals surface area contributed by atoms with Crippen molar-refractivity contribution in [2.24, 2.45) is 0 Å². The summed E-state index contributed by atoms with van der Waals surface area (Å²) < 4.78 is 5.16. The van der Waals surface area contributed by atoms with Crippen LogP contribution in [0.5, 0.6) is 0 Å². The van der Waals surface area contributed by atoms with Gasteiger partial charge in [-0.1, -0.05) is 35.0 Å². The average molecular weight is 344 g/mol. The first-order valence-corrected chi connectivity index (χ1v) is 7.43. The average Bonchev–Trinajstić information content (AvgIpc) is 2.36. The topological polar surface area (TPSA) is 77.2 Å². The normalized spacial score (nSPS) is 12.1. The number of ether oxygens (including phenoxy) is 1. The second-order valence-electron chi connectivity index (χ2n) is 5.74. The van der Waals surface area contributed by atoms with E-state index in [9.17, 15) is 4.79 Å². The SMILES string of the molecule is C[C@@H](CC#Cc1cnc(N)c(Cl)c1Cl)NC(=O)OC(C)(C)C. The Kier molecular flexibility index (Phi) is 6.34. The summed E-state index contributed by atoms with van der Waals surface area (Å²) in [4.78, 5) is 15.5. The molecule has 0 aromatic carbocycles. The molecule has 0 aliphatic heterocycles. The Morgan fingerprint density at radius 1 is 1.45 bits per heavy atom. The third kappa shape index (κ3) is 6.00. The Morgan fingerprint density at radius 3 is 2.68 bits per heavy atom. The minimum Gasteiger partial charge on any atom is -0.444 e. The van der Waals surface area contributed by atoms with Gasteiger partial charge in [-0.3, -0.25) is 0 Å². The van der Waals surface area contributed by atoms with Gasteiger partial charge in [-0.2, -0.15) is 0 Å². The van der Waals surface area contributed by atoms with Crippen LogP contribution in [0, 0.1) is 11.8 Å². The monoisotopic (exact) mass is 343 g/mol. The molecule has 0 unspecified atom stereocenters. The van der Waals surface area contributed by atoms with E-state index in [0.717, 1.165) is 0 Å². The number of nitrogens with two attached hydrogens (primary N) is 1. The molecular weight excluding hydrogens is 325 g/mol. The number of nitrogen functional groups attached to an aromatic ring is 1. The zero-order valence-electron chi connectivity index (χ0n) is 13.0. The molecule has 1 atom stereocenters. The summed E-state index contributed by atoms with van der Waals surface area (Å²) in [6.07, 6.45) is 1.41. The molecule has 7 heteroatoms. The number of alkyl carbamates (subject to hydrolysis) is 1. The summed E-state index contributed by atoms with van der Waals surface area (Å²) in [6.45, 7) is 7.24. The van der Waals surface area contributed by atoms with Crippen molar-refractivity contribution in [3.63, 3.8) is 0 Å². The lowest BCUT2D eigenvalue weighted by atomic mass is 10.2. The second-order valence-corrected chi connectivity index (χ2v) is 6.49. The highest BCUT2D eigenvalue weighted by molar-refractivity contribution is 6.44. The van der Waals surface area contributed by atoms with E-state index >= 15 is 0 Å². The van der Waals surface area contributed by atoms with E-state index in [4.69, 9.17) is 33.7 Å². The van der Waals surface area contributed by atoms with Crippen molar-refractivity contribution >= 4 is 35.1 Å². The van der Waals surface area contributed by atoms with E-state index in [1.54, 1.807) is 20.8 Å².